The molecule has 0 saturated carbocycles. The van der Waals surface area contributed by atoms with E-state index in [2.05, 4.69) is 6.58 Å². The molecular formula is C13H26ClNO6. The molecule has 8 heteroatoms. The number of carbonyl (C=O) groups excluding carboxylic acids is 1. The van der Waals surface area contributed by atoms with E-state index in [-0.39, 0.29) is 55.4 Å². The van der Waals surface area contributed by atoms with Crippen LogP contribution in [0.4, 0.5) is 0 Å². The number of hydrogen-bond acceptors (Lipinski definition) is 6. The van der Waals surface area contributed by atoms with E-state index in [4.69, 9.17) is 20.1 Å². The molecule has 0 rings (SSSR count). The van der Waals surface area contributed by atoms with Crippen molar-refractivity contribution < 1.29 is 46.8 Å². The molecule has 0 spiro atoms. The predicted octanol–water partition coefficient (Wildman–Crippen LogP) is -4.74. The highest BCUT2D eigenvalue weighted by Gasteiger charge is 2.29. The van der Waals surface area contributed by atoms with E-state index >= 15 is 0 Å². The molecule has 0 aliphatic heterocycles. The predicted molar refractivity (Wildman–Crippen MR) is 72.8 cm³/mol. The summed E-state index contributed by atoms with van der Waals surface area (Å²) in [6.45, 7) is 5.45. The normalized spacial score (nSPS) is 12.4. The van der Waals surface area contributed by atoms with Crippen LogP contribution in [0.25, 0.3) is 0 Å². The molecule has 1 atom stereocenters. The number of rotatable bonds is 11. The Kier molecular flexibility index (Phi) is 12.8. The highest BCUT2D eigenvalue weighted by Crippen LogP contribution is 2.09. The Morgan fingerprint density at radius 2 is 1.57 bits per heavy atom. The maximum atomic E-state index is 11.2. The minimum absolute atomic E-state index is 0. The van der Waals surface area contributed by atoms with E-state index in [1.54, 1.807) is 0 Å². The molecule has 0 amide bonds. The smallest absolute Gasteiger partial charge is 0.333 e. The van der Waals surface area contributed by atoms with Gasteiger partial charge >= 0.3 is 5.97 Å². The number of carbonyl (C=O) groups is 1. The van der Waals surface area contributed by atoms with Crippen LogP contribution in [0.1, 0.15) is 6.92 Å². The van der Waals surface area contributed by atoms with Crippen molar-refractivity contribution in [3.8, 4) is 0 Å². The van der Waals surface area contributed by atoms with Crippen LogP contribution in [0.15, 0.2) is 12.2 Å². The molecular weight excluding hydrogens is 302 g/mol. The lowest BCUT2D eigenvalue weighted by atomic mass is 10.2. The Morgan fingerprint density at radius 1 is 1.14 bits per heavy atom. The first-order valence-electron chi connectivity index (χ1n) is 6.59. The van der Waals surface area contributed by atoms with E-state index in [0.717, 1.165) is 0 Å². The quantitative estimate of drug-likeness (QED) is 0.172. The Labute approximate surface area is 131 Å². The highest BCUT2D eigenvalue weighted by atomic mass is 35.5. The van der Waals surface area contributed by atoms with Gasteiger partial charge in [-0.25, -0.2) is 4.79 Å². The van der Waals surface area contributed by atoms with Gasteiger partial charge in [0.1, 0.15) is 38.9 Å². The van der Waals surface area contributed by atoms with Crippen molar-refractivity contribution in [3.05, 3.63) is 12.2 Å². The van der Waals surface area contributed by atoms with Crippen LogP contribution in [0.2, 0.25) is 0 Å². The van der Waals surface area contributed by atoms with Gasteiger partial charge in [0.15, 0.2) is 0 Å². The lowest BCUT2D eigenvalue weighted by Gasteiger charge is -2.38. The first-order valence-corrected chi connectivity index (χ1v) is 6.59. The molecule has 0 aromatic heterocycles. The van der Waals surface area contributed by atoms with E-state index in [0.29, 0.717) is 19.6 Å². The Morgan fingerprint density at radius 3 is 1.90 bits per heavy atom. The topological polar surface area (TPSA) is 107 Å². The maximum absolute atomic E-state index is 11.2. The Hall–Kier alpha value is -0.700. The number of quaternary nitrogens is 1. The highest BCUT2D eigenvalue weighted by molar-refractivity contribution is 5.86. The van der Waals surface area contributed by atoms with Crippen LogP contribution in [-0.2, 0) is 9.53 Å². The second-order valence-corrected chi connectivity index (χ2v) is 4.90. The minimum atomic E-state index is -0.942. The number of ether oxygens (including phenoxy) is 1. The van der Waals surface area contributed by atoms with Crippen molar-refractivity contribution in [3.63, 3.8) is 0 Å². The Balaban J connectivity index is 0. The van der Waals surface area contributed by atoms with Crippen LogP contribution in [0, 0.1) is 0 Å². The van der Waals surface area contributed by atoms with Crippen molar-refractivity contribution in [2.45, 2.75) is 13.0 Å². The fourth-order valence-corrected chi connectivity index (χ4v) is 2.04. The van der Waals surface area contributed by atoms with Gasteiger partial charge < -0.3 is 42.1 Å². The van der Waals surface area contributed by atoms with E-state index in [9.17, 15) is 9.90 Å². The molecule has 7 nitrogen and oxygen atoms in total. The summed E-state index contributed by atoms with van der Waals surface area (Å²) < 4.78 is 5.02. The SMILES string of the molecule is C=C(C)C(=O)OCC(O)C[N+](CCO)(CCO)CCO.[Cl-]. The maximum Gasteiger partial charge on any atom is 0.333 e. The van der Waals surface area contributed by atoms with Gasteiger partial charge in [0.05, 0.1) is 19.8 Å². The van der Waals surface area contributed by atoms with Gasteiger partial charge in [-0.3, -0.25) is 0 Å². The molecule has 0 aliphatic rings. The molecule has 0 saturated heterocycles. The zero-order chi connectivity index (χ0) is 15.6. The summed E-state index contributed by atoms with van der Waals surface area (Å²) in [6, 6.07) is 0. The molecule has 0 aromatic rings. The van der Waals surface area contributed by atoms with Crippen LogP contribution < -0.4 is 12.4 Å². The second-order valence-electron chi connectivity index (χ2n) is 4.90. The molecule has 0 radical (unpaired) electrons. The van der Waals surface area contributed by atoms with Crippen molar-refractivity contribution >= 4 is 5.97 Å². The summed E-state index contributed by atoms with van der Waals surface area (Å²) >= 11 is 0. The zero-order valence-electron chi connectivity index (χ0n) is 12.4. The summed E-state index contributed by atoms with van der Waals surface area (Å²) in [4.78, 5) is 11.2. The molecule has 0 heterocycles. The molecule has 126 valence electrons. The fraction of sp³-hybridized carbons (Fsp3) is 0.769. The van der Waals surface area contributed by atoms with Gasteiger partial charge in [-0.2, -0.15) is 0 Å². The van der Waals surface area contributed by atoms with Crippen LogP contribution in [-0.4, -0.2) is 89.6 Å². The molecule has 0 bridgehead atoms. The molecule has 0 aliphatic carbocycles. The van der Waals surface area contributed by atoms with Crippen molar-refractivity contribution in [1.82, 2.24) is 0 Å². The van der Waals surface area contributed by atoms with Gasteiger partial charge in [0.2, 0.25) is 0 Å². The largest absolute Gasteiger partial charge is 1.00 e. The number of halogens is 1. The van der Waals surface area contributed by atoms with Gasteiger partial charge in [0, 0.05) is 5.57 Å². The fourth-order valence-electron chi connectivity index (χ4n) is 2.04. The molecule has 4 N–H and O–H groups in total. The third-order valence-corrected chi connectivity index (χ3v) is 3.08. The Bertz CT molecular complexity index is 296. The lowest BCUT2D eigenvalue weighted by Crippen LogP contribution is -3.00. The summed E-state index contributed by atoms with van der Waals surface area (Å²) in [5.41, 5.74) is 0.249. The van der Waals surface area contributed by atoms with Crippen LogP contribution >= 0.6 is 0 Å². The minimum Gasteiger partial charge on any atom is -1.00 e. The molecule has 21 heavy (non-hydrogen) atoms. The third-order valence-electron chi connectivity index (χ3n) is 3.08. The van der Waals surface area contributed by atoms with E-state index in [1.165, 1.54) is 6.92 Å². The van der Waals surface area contributed by atoms with Crippen molar-refractivity contribution in [2.75, 3.05) is 52.6 Å². The first-order chi connectivity index (χ1) is 9.40. The summed E-state index contributed by atoms with van der Waals surface area (Å²) in [6.07, 6.45) is -0.942. The average Bonchev–Trinajstić information content (AvgIpc) is 2.36. The lowest BCUT2D eigenvalue weighted by molar-refractivity contribution is -0.931. The van der Waals surface area contributed by atoms with Crippen LogP contribution in [0.3, 0.4) is 0 Å². The number of nitrogens with zero attached hydrogens (tertiary/aromatic N) is 1. The van der Waals surface area contributed by atoms with Gasteiger partial charge in [0.25, 0.3) is 0 Å². The first kappa shape index (κ1) is 22.6. The number of aliphatic hydroxyl groups is 4. The molecule has 0 fully saturated rings. The zero-order valence-corrected chi connectivity index (χ0v) is 13.1. The molecule has 0 aromatic carbocycles. The van der Waals surface area contributed by atoms with Gasteiger partial charge in [-0.15, -0.1) is 0 Å². The monoisotopic (exact) mass is 327 g/mol. The number of esters is 1. The summed E-state index contributed by atoms with van der Waals surface area (Å²) in [7, 11) is 0. The summed E-state index contributed by atoms with van der Waals surface area (Å²) in [5.74, 6) is -0.575. The van der Waals surface area contributed by atoms with E-state index in [1.807, 2.05) is 0 Å². The number of aliphatic hydroxyl groups excluding tert-OH is 4. The third kappa shape index (κ3) is 9.02. The summed E-state index contributed by atoms with van der Waals surface area (Å²) in [5, 5.41) is 37.2. The van der Waals surface area contributed by atoms with Gasteiger partial charge in [-0.1, -0.05) is 6.58 Å². The van der Waals surface area contributed by atoms with Crippen molar-refractivity contribution in [1.29, 1.82) is 0 Å². The second kappa shape index (κ2) is 11.9. The number of hydrogen-bond donors (Lipinski definition) is 4. The molecule has 1 unspecified atom stereocenters. The van der Waals surface area contributed by atoms with E-state index < -0.39 is 12.1 Å². The van der Waals surface area contributed by atoms with Crippen molar-refractivity contribution in [2.24, 2.45) is 0 Å². The average molecular weight is 328 g/mol. The standard InChI is InChI=1S/C13H26NO6.ClH/c1-11(2)13(19)20-10-12(18)9-14(3-6-15,4-7-16)5-8-17;/h12,15-18H,1,3-10H2,2H3;1H/q+1;/p-1. The van der Waals surface area contributed by atoms with Gasteiger partial charge in [-0.05, 0) is 6.92 Å². The van der Waals surface area contributed by atoms with Crippen LogP contribution in [0.5, 0.6) is 0 Å².